The number of thioether (sulfide) groups is 1. The van der Waals surface area contributed by atoms with Crippen LogP contribution in [0.5, 0.6) is 0 Å². The highest BCUT2D eigenvalue weighted by atomic mass is 32.2. The highest BCUT2D eigenvalue weighted by Crippen LogP contribution is 2.36. The van der Waals surface area contributed by atoms with Gasteiger partial charge in [-0.25, -0.2) is 4.98 Å². The van der Waals surface area contributed by atoms with Crippen molar-refractivity contribution in [3.05, 3.63) is 126 Å². The molecular formula is C93H127N25O20S. The number of nitrogens with zero attached hydrogens (tertiary/aromatic N) is 6. The Labute approximate surface area is 806 Å². The molecule has 1 aliphatic carbocycles. The molecule has 2 unspecified atom stereocenters. The van der Waals surface area contributed by atoms with Gasteiger partial charge >= 0.3 is 5.97 Å². The number of aromatic nitrogens is 4. The van der Waals surface area contributed by atoms with E-state index in [1.54, 1.807) is 60.9 Å². The predicted octanol–water partition coefficient (Wildman–Crippen LogP) is -2.59. The van der Waals surface area contributed by atoms with Gasteiger partial charge in [0, 0.05) is 124 Å². The summed E-state index contributed by atoms with van der Waals surface area (Å²) in [5.74, 6) is -22.2. The average molecular weight is 1950 g/mol. The second-order valence-electron chi connectivity index (χ2n) is 35.2. The minimum absolute atomic E-state index is 0.00810. The Morgan fingerprint density at radius 2 is 1.11 bits per heavy atom. The van der Waals surface area contributed by atoms with Crippen LogP contribution in [0.4, 0.5) is 0 Å². The fourth-order valence-electron chi connectivity index (χ4n) is 17.4. The number of nitrogens with two attached hydrogens (primary N) is 4. The monoisotopic (exact) mass is 1950 g/mol. The molecular weight excluding hydrogens is 1820 g/mol. The molecule has 0 spiro atoms. The van der Waals surface area contributed by atoms with Crippen LogP contribution in [0.25, 0.3) is 21.8 Å². The smallest absolute Gasteiger partial charge is 0.303 e. The van der Waals surface area contributed by atoms with Crippen molar-refractivity contribution in [3.63, 3.8) is 0 Å². The standard InChI is InChI=1S/C93H127N25O20S/c1-7-9-22-72-87(133)109-64(21-15-33-101-93(98)99)83(129)114-71(82(128)104-46-76(97)121)47-139-48-77(122)106-68(35-51-25-27-52(42-95)28-26-51)89(135)115(4)50(3)80(126)112-70(41-75(96)120)91(137)118-34-16-24-73(118)88(134)111-67(38-55-45-100-49-105-55)86(132)107-63(29-30-78(123)124)79(125)59-39-56(119)40-60(59)81(127)110-66(36-53-43-102-61-19-13-11-17-57(53)61)85(131)108-65(31-32-94)84(130)113-69(37-54-44-103-62-20-14-12-18-58(54)62)90(136)117(6)74(23-10-8-2)92(138)116(72)5/h11-14,17-20,25-28,43-45,49-50,56,59-60,63-74,102-103,119H,7-10,15-16,21-24,29-41,46-48,94H2,1-6H3,(H2,96,120)(H2,97,121)(H,100,105)(H,104,128)(H,106,122)(H,107,132)(H,108,131)(H,109,133)(H,110,127)(H,111,134)(H,112,126)(H,113,130)(H,114,129)(H,123,124)(H4,98,99,101)/t50-,56-,59?,60+,63-,64-,65-,66-,67-,68-,69-,70-,71-,72-,73?,74-/m0/s1. The number of likely N-dealkylation sites (N-methyl/N-ethyl adjacent to an activating group) is 3. The van der Waals surface area contributed by atoms with Gasteiger partial charge in [0.25, 0.3) is 0 Å². The SMILES string of the molecule is CCCC[C@H]1C(=O)N(C)[C@@H](CCCC)C(=O)N[C@@H](CCCNC(=N)N)C(=O)N[C@H](C(=O)NCC(N)=O)CSCC(=O)N[C@@H](Cc2ccc(C#N)cc2)C(=O)N(C)[C@@H](C)C(=O)N[C@@H](CC(N)=O)C(=O)N2CCCC2C(=O)N[C@@H](Cc2cnc[nH]2)C(=O)N[C@@H](CCC(=O)O)C(=O)C2C[C@H](O)C[C@H]2C(=O)N[C@@H](Cc2c[nH]c3ccccc23)C(=O)N[C@@H](CCN)C(=O)N[C@@H](Cc2c[nH]c3ccccc23)C(=O)N1C. The summed E-state index contributed by atoms with van der Waals surface area (Å²) in [7, 11) is 3.91. The second kappa shape index (κ2) is 52.3. The van der Waals surface area contributed by atoms with E-state index in [1.165, 1.54) is 64.9 Å². The molecule has 3 aliphatic rings. The Bertz CT molecular complexity index is 5450. The predicted molar refractivity (Wildman–Crippen MR) is 508 cm³/mol. The molecule has 0 radical (unpaired) electrons. The van der Waals surface area contributed by atoms with Crippen molar-refractivity contribution in [2.45, 2.75) is 234 Å². The van der Waals surface area contributed by atoms with Crippen molar-refractivity contribution in [2.75, 3.05) is 58.8 Å². The number of carbonyl (C=O) groups is 18. The molecule has 16 amide bonds. The first-order valence-corrected chi connectivity index (χ1v) is 47.5. The lowest BCUT2D eigenvalue weighted by atomic mass is 9.85. The van der Waals surface area contributed by atoms with Crippen LogP contribution in [0.3, 0.4) is 0 Å². The third-order valence-corrected chi connectivity index (χ3v) is 26.1. The molecule has 3 aromatic heterocycles. The number of nitrogens with one attached hydrogen (secondary N) is 15. The van der Waals surface area contributed by atoms with Gasteiger partial charge in [0.05, 0.1) is 54.7 Å². The number of carbonyl (C=O) groups excluding carboxylic acids is 17. The molecule has 5 heterocycles. The van der Waals surface area contributed by atoms with Crippen LogP contribution in [-0.4, -0.2) is 305 Å². The maximum Gasteiger partial charge on any atom is 0.303 e. The number of carboxylic acids is 1. The van der Waals surface area contributed by atoms with Crippen LogP contribution in [0.2, 0.25) is 0 Å². The number of rotatable bonds is 28. The molecule has 3 fully saturated rings. The molecule has 6 aromatic rings. The zero-order chi connectivity index (χ0) is 101. The first-order chi connectivity index (χ1) is 66.3. The first-order valence-electron chi connectivity index (χ1n) is 46.4. The number of primary amides is 2. The number of aliphatic hydroxyl groups is 1. The minimum Gasteiger partial charge on any atom is -0.481 e. The molecule has 0 bridgehead atoms. The largest absolute Gasteiger partial charge is 0.481 e. The van der Waals surface area contributed by atoms with Crippen molar-refractivity contribution in [2.24, 2.45) is 34.8 Å². The van der Waals surface area contributed by atoms with Gasteiger partial charge in [0.2, 0.25) is 94.5 Å². The summed E-state index contributed by atoms with van der Waals surface area (Å²) in [6, 6.07) is 1.42. The van der Waals surface area contributed by atoms with Gasteiger partial charge in [-0.15, -0.1) is 11.8 Å². The van der Waals surface area contributed by atoms with E-state index >= 15 is 43.2 Å². The van der Waals surface area contributed by atoms with Crippen LogP contribution in [0.15, 0.2) is 97.7 Å². The third-order valence-electron chi connectivity index (χ3n) is 25.1. The van der Waals surface area contributed by atoms with Gasteiger partial charge in [0.1, 0.15) is 72.5 Å². The Kier molecular flexibility index (Phi) is 40.7. The number of amides is 16. The average Bonchev–Trinajstić information content (AvgIpc) is 1.55. The van der Waals surface area contributed by atoms with Crippen molar-refractivity contribution in [3.8, 4) is 6.07 Å². The van der Waals surface area contributed by atoms with Crippen LogP contribution >= 0.6 is 11.8 Å². The summed E-state index contributed by atoms with van der Waals surface area (Å²) in [6.07, 6.45) is 1.30. The molecule has 45 nitrogen and oxygen atoms in total. The minimum atomic E-state index is -1.83. The number of hydrogen-bond donors (Lipinski definition) is 21. The number of ketones is 1. The number of aliphatic carboxylic acids is 1. The number of guanidine groups is 1. The van der Waals surface area contributed by atoms with Crippen molar-refractivity contribution >= 4 is 146 Å². The quantitative estimate of drug-likeness (QED) is 0.0136. The van der Waals surface area contributed by atoms with Crippen molar-refractivity contribution < 1.29 is 96.5 Å². The number of aliphatic hydroxyl groups excluding tert-OH is 1. The van der Waals surface area contributed by atoms with E-state index < -0.39 is 265 Å². The number of nitriles is 1. The number of imidazole rings is 1. The highest BCUT2D eigenvalue weighted by Gasteiger charge is 2.48. The Morgan fingerprint density at radius 1 is 0.561 bits per heavy atom. The van der Waals surface area contributed by atoms with E-state index in [0.29, 0.717) is 64.2 Å². The van der Waals surface area contributed by atoms with E-state index in [-0.39, 0.29) is 95.1 Å². The lowest BCUT2D eigenvalue weighted by Crippen LogP contribution is -2.61. The number of unbranched alkanes of at least 4 members (excludes halogenated alkanes) is 2. The zero-order valence-corrected chi connectivity index (χ0v) is 79.3. The highest BCUT2D eigenvalue weighted by molar-refractivity contribution is 8.00. The molecule has 2 saturated heterocycles. The van der Waals surface area contributed by atoms with Crippen molar-refractivity contribution in [1.82, 2.24) is 98.0 Å². The van der Waals surface area contributed by atoms with Crippen molar-refractivity contribution in [1.29, 1.82) is 10.7 Å². The molecule has 16 atom stereocenters. The van der Waals surface area contributed by atoms with E-state index in [2.05, 4.69) is 78.4 Å². The van der Waals surface area contributed by atoms with E-state index in [1.807, 2.05) is 19.9 Å². The zero-order valence-electron chi connectivity index (χ0n) is 78.5. The van der Waals surface area contributed by atoms with Gasteiger partial charge < -0.3 is 126 Å². The Hall–Kier alpha value is -14.4. The number of Topliss-reactive ketones (excluding diaryl/α,β-unsaturated/α-hetero) is 1. The van der Waals surface area contributed by atoms with Gasteiger partial charge in [0.15, 0.2) is 11.7 Å². The summed E-state index contributed by atoms with van der Waals surface area (Å²) < 4.78 is 0. The van der Waals surface area contributed by atoms with Gasteiger partial charge in [-0.3, -0.25) is 91.7 Å². The van der Waals surface area contributed by atoms with Gasteiger partial charge in [-0.05, 0) is 119 Å². The number of aromatic amines is 3. The van der Waals surface area contributed by atoms with E-state index in [4.69, 9.17) is 28.3 Å². The molecule has 3 aromatic carbocycles. The number of para-hydroxylation sites is 2. The maximum atomic E-state index is 15.9. The normalized spacial score (nSPS) is 24.8. The van der Waals surface area contributed by atoms with E-state index in [9.17, 15) is 58.6 Å². The molecule has 46 heteroatoms. The number of hydrogen-bond acceptors (Lipinski definition) is 24. The molecule has 9 rings (SSSR count). The summed E-state index contributed by atoms with van der Waals surface area (Å²) in [5, 5.41) is 69.5. The second-order valence-corrected chi connectivity index (χ2v) is 36.2. The summed E-state index contributed by atoms with van der Waals surface area (Å²) in [6.45, 7) is 3.74. The number of carboxylic acid groups (broad SMARTS) is 1. The lowest BCUT2D eigenvalue weighted by molar-refractivity contribution is -0.149. The fraction of sp³-hybridized carbons (Fsp3) is 0.516. The van der Waals surface area contributed by atoms with Crippen LogP contribution < -0.4 is 81.4 Å². The van der Waals surface area contributed by atoms with Gasteiger partial charge in [-0.1, -0.05) is 88.1 Å². The van der Waals surface area contributed by atoms with Gasteiger partial charge in [-0.2, -0.15) is 5.26 Å². The molecule has 139 heavy (non-hydrogen) atoms. The fourth-order valence-corrected chi connectivity index (χ4v) is 18.2. The van der Waals surface area contributed by atoms with Crippen LogP contribution in [0, 0.1) is 28.6 Å². The number of benzene rings is 3. The Balaban J connectivity index is 1.12. The summed E-state index contributed by atoms with van der Waals surface area (Å²) >= 11 is 0.752. The molecule has 1 saturated carbocycles. The molecule has 2 aliphatic heterocycles. The maximum absolute atomic E-state index is 15.9. The van der Waals surface area contributed by atoms with Crippen LogP contribution in [0.1, 0.15) is 151 Å². The third kappa shape index (κ3) is 30.6. The summed E-state index contributed by atoms with van der Waals surface area (Å²) in [5.41, 5.74) is 26.2. The summed E-state index contributed by atoms with van der Waals surface area (Å²) in [4.78, 5) is 282. The molecule has 25 N–H and O–H groups in total. The Morgan fingerprint density at radius 3 is 1.71 bits per heavy atom. The lowest BCUT2D eigenvalue weighted by Gasteiger charge is -2.36. The van der Waals surface area contributed by atoms with Crippen LogP contribution in [-0.2, 0) is 112 Å². The molecule has 750 valence electrons. The first kappa shape index (κ1) is 108. The topological polar surface area (TPSA) is 705 Å². The number of H-pyrrole nitrogens is 3. The van der Waals surface area contributed by atoms with E-state index in [0.717, 1.165) is 31.4 Å². The number of fused-ring (bicyclic) bond motifs is 4.